The molecule has 0 bridgehead atoms. The van der Waals surface area contributed by atoms with E-state index in [0.717, 1.165) is 38.9 Å². The zero-order valence-electron chi connectivity index (χ0n) is 12.1. The topological polar surface area (TPSA) is 58.4 Å². The van der Waals surface area contributed by atoms with Crippen molar-refractivity contribution in [2.45, 2.75) is 19.3 Å². The van der Waals surface area contributed by atoms with Crippen LogP contribution in [-0.2, 0) is 11.2 Å². The van der Waals surface area contributed by atoms with Crippen LogP contribution in [-0.4, -0.2) is 43.5 Å². The number of hydrogen-bond acceptors (Lipinski definition) is 3. The number of nitrogens with one attached hydrogen (secondary N) is 1. The molecule has 0 saturated carbocycles. The maximum atomic E-state index is 12.0. The minimum Gasteiger partial charge on any atom is -0.355 e. The average molecular weight is 275 g/mol. The molecule has 110 valence electrons. The quantitative estimate of drug-likeness (QED) is 0.815. The van der Waals surface area contributed by atoms with Crippen molar-refractivity contribution in [2.24, 2.45) is 11.7 Å². The predicted molar refractivity (Wildman–Crippen MR) is 81.4 cm³/mol. The molecule has 1 aliphatic heterocycles. The van der Waals surface area contributed by atoms with Crippen molar-refractivity contribution < 1.29 is 4.79 Å². The van der Waals surface area contributed by atoms with Crippen LogP contribution in [0.2, 0.25) is 0 Å². The number of rotatable bonds is 6. The summed E-state index contributed by atoms with van der Waals surface area (Å²) in [6.45, 7) is 4.11. The number of nitrogens with zero attached hydrogens (tertiary/aromatic N) is 1. The first-order valence-corrected chi connectivity index (χ1v) is 7.53. The van der Waals surface area contributed by atoms with Crippen LogP contribution in [0.5, 0.6) is 0 Å². The van der Waals surface area contributed by atoms with Crippen molar-refractivity contribution in [3.63, 3.8) is 0 Å². The van der Waals surface area contributed by atoms with E-state index in [1.54, 1.807) is 0 Å². The predicted octanol–water partition coefficient (Wildman–Crippen LogP) is 1.02. The van der Waals surface area contributed by atoms with Gasteiger partial charge in [0.2, 0.25) is 5.91 Å². The molecule has 4 nitrogen and oxygen atoms in total. The molecule has 1 aromatic carbocycles. The number of hydrogen-bond donors (Lipinski definition) is 2. The lowest BCUT2D eigenvalue weighted by Gasteiger charge is -2.32. The van der Waals surface area contributed by atoms with E-state index in [0.29, 0.717) is 13.1 Å². The van der Waals surface area contributed by atoms with Crippen LogP contribution in [0, 0.1) is 5.92 Å². The minimum atomic E-state index is 0.131. The molecular formula is C16H25N3O. The van der Waals surface area contributed by atoms with E-state index in [2.05, 4.69) is 34.5 Å². The third-order valence-corrected chi connectivity index (χ3v) is 3.88. The molecule has 0 radical (unpaired) electrons. The molecule has 1 heterocycles. The Morgan fingerprint density at radius 3 is 2.90 bits per heavy atom. The van der Waals surface area contributed by atoms with Gasteiger partial charge in [-0.3, -0.25) is 4.79 Å². The molecular weight excluding hydrogens is 250 g/mol. The second kappa shape index (κ2) is 8.02. The average Bonchev–Trinajstić information content (AvgIpc) is 2.52. The molecule has 20 heavy (non-hydrogen) atoms. The van der Waals surface area contributed by atoms with Gasteiger partial charge in [-0.1, -0.05) is 30.3 Å². The lowest BCUT2D eigenvalue weighted by Crippen LogP contribution is -2.44. The van der Waals surface area contributed by atoms with E-state index in [4.69, 9.17) is 5.73 Å². The van der Waals surface area contributed by atoms with Gasteiger partial charge in [0.1, 0.15) is 0 Å². The molecule has 1 unspecified atom stereocenters. The zero-order valence-corrected chi connectivity index (χ0v) is 12.1. The summed E-state index contributed by atoms with van der Waals surface area (Å²) < 4.78 is 0. The van der Waals surface area contributed by atoms with Gasteiger partial charge in [-0.2, -0.15) is 0 Å². The first-order chi connectivity index (χ1) is 9.79. The number of carbonyl (C=O) groups excluding carboxylic acids is 1. The smallest absolute Gasteiger partial charge is 0.224 e. The van der Waals surface area contributed by atoms with Crippen molar-refractivity contribution in [3.8, 4) is 0 Å². The highest BCUT2D eigenvalue weighted by molar-refractivity contribution is 5.78. The first-order valence-electron chi connectivity index (χ1n) is 7.53. The highest BCUT2D eigenvalue weighted by atomic mass is 16.1. The Bertz CT molecular complexity index is 407. The van der Waals surface area contributed by atoms with Crippen molar-refractivity contribution in [1.82, 2.24) is 10.2 Å². The molecule has 1 fully saturated rings. The first kappa shape index (κ1) is 15.0. The Kier molecular flexibility index (Phi) is 6.02. The second-order valence-corrected chi connectivity index (χ2v) is 5.46. The van der Waals surface area contributed by atoms with Crippen LogP contribution in [0.4, 0.5) is 0 Å². The Hall–Kier alpha value is -1.39. The fraction of sp³-hybridized carbons (Fsp3) is 0.562. The van der Waals surface area contributed by atoms with E-state index < -0.39 is 0 Å². The van der Waals surface area contributed by atoms with Crippen molar-refractivity contribution >= 4 is 5.91 Å². The van der Waals surface area contributed by atoms with E-state index in [1.165, 1.54) is 5.56 Å². The summed E-state index contributed by atoms with van der Waals surface area (Å²) in [4.78, 5) is 14.4. The maximum absolute atomic E-state index is 12.0. The van der Waals surface area contributed by atoms with Crippen molar-refractivity contribution in [3.05, 3.63) is 35.9 Å². The monoisotopic (exact) mass is 275 g/mol. The SMILES string of the molecule is NCCNC(=O)C1CCCN(CCc2ccccc2)C1. The fourth-order valence-corrected chi connectivity index (χ4v) is 2.74. The molecule has 0 spiro atoms. The van der Waals surface area contributed by atoms with Gasteiger partial charge in [0.25, 0.3) is 0 Å². The number of likely N-dealkylation sites (tertiary alicyclic amines) is 1. The molecule has 4 heteroatoms. The maximum Gasteiger partial charge on any atom is 0.224 e. The van der Waals surface area contributed by atoms with Crippen molar-refractivity contribution in [2.75, 3.05) is 32.7 Å². The van der Waals surface area contributed by atoms with E-state index in [-0.39, 0.29) is 11.8 Å². The van der Waals surface area contributed by atoms with Gasteiger partial charge in [0.15, 0.2) is 0 Å². The Balaban J connectivity index is 1.77. The van der Waals surface area contributed by atoms with Crippen LogP contribution in [0.15, 0.2) is 30.3 Å². The number of benzene rings is 1. The third-order valence-electron chi connectivity index (χ3n) is 3.88. The molecule has 3 N–H and O–H groups in total. The van der Waals surface area contributed by atoms with Gasteiger partial charge >= 0.3 is 0 Å². The summed E-state index contributed by atoms with van der Waals surface area (Å²) in [5.41, 5.74) is 6.78. The number of carbonyl (C=O) groups is 1. The van der Waals surface area contributed by atoms with Crippen molar-refractivity contribution in [1.29, 1.82) is 0 Å². The summed E-state index contributed by atoms with van der Waals surface area (Å²) in [7, 11) is 0. The molecule has 2 rings (SSSR count). The molecule has 1 amide bonds. The second-order valence-electron chi connectivity index (χ2n) is 5.46. The largest absolute Gasteiger partial charge is 0.355 e. The van der Waals surface area contributed by atoms with Crippen LogP contribution >= 0.6 is 0 Å². The van der Waals surface area contributed by atoms with Crippen LogP contribution in [0.25, 0.3) is 0 Å². The standard InChI is InChI=1S/C16H25N3O/c17-9-10-18-16(20)15-7-4-11-19(13-15)12-8-14-5-2-1-3-6-14/h1-3,5-6,15H,4,7-13,17H2,(H,18,20). The molecule has 0 aromatic heterocycles. The number of piperidine rings is 1. The Morgan fingerprint density at radius 2 is 2.15 bits per heavy atom. The summed E-state index contributed by atoms with van der Waals surface area (Å²) in [6.07, 6.45) is 3.16. The molecule has 0 aliphatic carbocycles. The molecule has 1 aliphatic rings. The normalized spacial score (nSPS) is 19.8. The van der Waals surface area contributed by atoms with Gasteiger partial charge in [-0.25, -0.2) is 0 Å². The lowest BCUT2D eigenvalue weighted by atomic mass is 9.96. The lowest BCUT2D eigenvalue weighted by molar-refractivity contribution is -0.126. The minimum absolute atomic E-state index is 0.131. The third kappa shape index (κ3) is 4.62. The van der Waals surface area contributed by atoms with E-state index >= 15 is 0 Å². The van der Waals surface area contributed by atoms with Gasteiger partial charge in [0.05, 0.1) is 5.92 Å². The summed E-state index contributed by atoms with van der Waals surface area (Å²) >= 11 is 0. The zero-order chi connectivity index (χ0) is 14.2. The van der Waals surface area contributed by atoms with Gasteiger partial charge in [-0.05, 0) is 31.4 Å². The molecule has 1 aromatic rings. The highest BCUT2D eigenvalue weighted by Gasteiger charge is 2.25. The summed E-state index contributed by atoms with van der Waals surface area (Å²) in [6, 6.07) is 10.5. The van der Waals surface area contributed by atoms with Crippen LogP contribution < -0.4 is 11.1 Å². The molecule has 1 atom stereocenters. The Morgan fingerprint density at radius 1 is 1.35 bits per heavy atom. The highest BCUT2D eigenvalue weighted by Crippen LogP contribution is 2.17. The van der Waals surface area contributed by atoms with Gasteiger partial charge < -0.3 is 16.0 Å². The van der Waals surface area contributed by atoms with E-state index in [9.17, 15) is 4.79 Å². The summed E-state index contributed by atoms with van der Waals surface area (Å²) in [5, 5.41) is 2.91. The molecule has 1 saturated heterocycles. The summed E-state index contributed by atoms with van der Waals surface area (Å²) in [5.74, 6) is 0.297. The van der Waals surface area contributed by atoms with Crippen LogP contribution in [0.1, 0.15) is 18.4 Å². The van der Waals surface area contributed by atoms with E-state index in [1.807, 2.05) is 6.07 Å². The number of nitrogens with two attached hydrogens (primary N) is 1. The Labute approximate surface area is 121 Å². The van der Waals surface area contributed by atoms with Gasteiger partial charge in [0, 0.05) is 26.2 Å². The van der Waals surface area contributed by atoms with Crippen LogP contribution in [0.3, 0.4) is 0 Å². The fourth-order valence-electron chi connectivity index (χ4n) is 2.74. The van der Waals surface area contributed by atoms with Gasteiger partial charge in [-0.15, -0.1) is 0 Å². The number of amides is 1.